The number of carbonyl (C=O) groups is 2. The number of hydrogen-bond acceptors (Lipinski definition) is 5. The van der Waals surface area contributed by atoms with Crippen LogP contribution in [0.5, 0.6) is 11.5 Å². The third kappa shape index (κ3) is 4.25. The lowest BCUT2D eigenvalue weighted by Gasteiger charge is -2.21. The van der Waals surface area contributed by atoms with Crippen molar-refractivity contribution in [2.75, 3.05) is 16.4 Å². The van der Waals surface area contributed by atoms with Crippen molar-refractivity contribution in [3.63, 3.8) is 0 Å². The number of thioether (sulfide) groups is 1. The molecule has 0 bridgehead atoms. The van der Waals surface area contributed by atoms with Crippen molar-refractivity contribution in [2.45, 2.75) is 43.3 Å². The Bertz CT molecular complexity index is 892. The molecule has 2 aromatic rings. The van der Waals surface area contributed by atoms with Crippen LogP contribution in [0, 0.1) is 0 Å². The molecule has 1 aliphatic carbocycles. The molecule has 2 N–H and O–H groups in total. The molecule has 0 radical (unpaired) electrons. The summed E-state index contributed by atoms with van der Waals surface area (Å²) in [5.41, 5.74) is 1.44. The van der Waals surface area contributed by atoms with E-state index in [1.807, 2.05) is 42.5 Å². The van der Waals surface area contributed by atoms with Gasteiger partial charge in [-0.1, -0.05) is 0 Å². The van der Waals surface area contributed by atoms with Gasteiger partial charge in [0.25, 0.3) is 5.79 Å². The van der Waals surface area contributed by atoms with Gasteiger partial charge in [0.2, 0.25) is 11.8 Å². The van der Waals surface area contributed by atoms with E-state index in [2.05, 4.69) is 10.6 Å². The Kier molecular flexibility index (Phi) is 5.17. The topological polar surface area (TPSA) is 76.7 Å². The lowest BCUT2D eigenvalue weighted by atomic mass is 10.2. The predicted octanol–water partition coefficient (Wildman–Crippen LogP) is 4.42. The zero-order valence-corrected chi connectivity index (χ0v) is 16.4. The van der Waals surface area contributed by atoms with Gasteiger partial charge in [-0.05, 0) is 49.2 Å². The van der Waals surface area contributed by atoms with E-state index in [0.29, 0.717) is 11.4 Å². The number of benzene rings is 2. The highest BCUT2D eigenvalue weighted by molar-refractivity contribution is 8.00. The molecule has 7 heteroatoms. The van der Waals surface area contributed by atoms with Crippen LogP contribution < -0.4 is 20.1 Å². The van der Waals surface area contributed by atoms with Crippen LogP contribution in [-0.4, -0.2) is 23.4 Å². The monoisotopic (exact) mass is 398 g/mol. The first kappa shape index (κ1) is 18.7. The SMILES string of the molecule is CC(=O)Nc1ccc(SCC(=O)Nc2ccc3c(c2)OC2(CCCC2)O3)cc1. The van der Waals surface area contributed by atoms with Crippen LogP contribution in [0.1, 0.15) is 32.6 Å². The van der Waals surface area contributed by atoms with Crippen LogP contribution in [-0.2, 0) is 9.59 Å². The zero-order valence-electron chi connectivity index (χ0n) is 15.6. The number of rotatable bonds is 5. The number of nitrogens with one attached hydrogen (secondary N) is 2. The van der Waals surface area contributed by atoms with Gasteiger partial charge in [-0.25, -0.2) is 0 Å². The van der Waals surface area contributed by atoms with E-state index in [0.717, 1.165) is 42.0 Å². The highest BCUT2D eigenvalue weighted by Gasteiger charge is 2.44. The second-order valence-corrected chi connectivity index (χ2v) is 8.07. The molecule has 2 aromatic carbocycles. The molecule has 1 spiro atoms. The first-order valence-corrected chi connectivity index (χ1v) is 10.3. The van der Waals surface area contributed by atoms with Crippen LogP contribution >= 0.6 is 11.8 Å². The molecule has 1 heterocycles. The van der Waals surface area contributed by atoms with Gasteiger partial charge in [0, 0.05) is 42.1 Å². The summed E-state index contributed by atoms with van der Waals surface area (Å²) < 4.78 is 12.0. The van der Waals surface area contributed by atoms with Crippen molar-refractivity contribution in [1.29, 1.82) is 0 Å². The molecular formula is C21H22N2O4S. The molecule has 1 fully saturated rings. The lowest BCUT2D eigenvalue weighted by Crippen LogP contribution is -2.34. The van der Waals surface area contributed by atoms with Crippen LogP contribution in [0.2, 0.25) is 0 Å². The summed E-state index contributed by atoms with van der Waals surface area (Å²) in [5.74, 6) is 1.03. The van der Waals surface area contributed by atoms with E-state index in [1.165, 1.54) is 18.7 Å². The van der Waals surface area contributed by atoms with Crippen molar-refractivity contribution < 1.29 is 19.1 Å². The Hall–Kier alpha value is -2.67. The molecule has 28 heavy (non-hydrogen) atoms. The molecule has 0 atom stereocenters. The van der Waals surface area contributed by atoms with E-state index >= 15 is 0 Å². The van der Waals surface area contributed by atoms with Crippen molar-refractivity contribution in [2.24, 2.45) is 0 Å². The molecule has 6 nitrogen and oxygen atoms in total. The number of amides is 2. The molecule has 1 aliphatic heterocycles. The minimum Gasteiger partial charge on any atom is -0.448 e. The summed E-state index contributed by atoms with van der Waals surface area (Å²) in [6, 6.07) is 12.9. The maximum absolute atomic E-state index is 12.3. The standard InChI is InChI=1S/C21H22N2O4S/c1-14(24)22-15-4-7-17(8-5-15)28-13-20(25)23-16-6-9-18-19(12-16)27-21(26-18)10-2-3-11-21/h4-9,12H,2-3,10-11,13H2,1H3,(H,22,24)(H,23,25). The van der Waals surface area contributed by atoms with E-state index in [9.17, 15) is 9.59 Å². The predicted molar refractivity (Wildman–Crippen MR) is 109 cm³/mol. The molecule has 0 saturated heterocycles. The van der Waals surface area contributed by atoms with Crippen LogP contribution in [0.15, 0.2) is 47.4 Å². The van der Waals surface area contributed by atoms with E-state index in [1.54, 1.807) is 0 Å². The van der Waals surface area contributed by atoms with Crippen LogP contribution in [0.25, 0.3) is 0 Å². The Morgan fingerprint density at radius 1 is 0.964 bits per heavy atom. The second kappa shape index (κ2) is 7.75. The fraction of sp³-hybridized carbons (Fsp3) is 0.333. The van der Waals surface area contributed by atoms with Gasteiger partial charge < -0.3 is 20.1 Å². The molecule has 2 aliphatic rings. The molecule has 4 rings (SSSR count). The first-order chi connectivity index (χ1) is 13.5. The van der Waals surface area contributed by atoms with Gasteiger partial charge >= 0.3 is 0 Å². The minimum atomic E-state index is -0.496. The highest BCUT2D eigenvalue weighted by atomic mass is 32.2. The normalized spacial score (nSPS) is 16.2. The van der Waals surface area contributed by atoms with Crippen LogP contribution in [0.4, 0.5) is 11.4 Å². The maximum atomic E-state index is 12.3. The summed E-state index contributed by atoms with van der Waals surface area (Å²) >= 11 is 1.44. The van der Waals surface area contributed by atoms with Gasteiger partial charge in [0.15, 0.2) is 11.5 Å². The first-order valence-electron chi connectivity index (χ1n) is 9.34. The van der Waals surface area contributed by atoms with Gasteiger partial charge in [-0.15, -0.1) is 11.8 Å². The number of carbonyl (C=O) groups excluding carboxylic acids is 2. The number of anilines is 2. The lowest BCUT2D eigenvalue weighted by molar-refractivity contribution is -0.114. The van der Waals surface area contributed by atoms with Crippen molar-refractivity contribution in [3.05, 3.63) is 42.5 Å². The van der Waals surface area contributed by atoms with Crippen LogP contribution in [0.3, 0.4) is 0 Å². The number of fused-ring (bicyclic) bond motifs is 1. The van der Waals surface area contributed by atoms with E-state index in [4.69, 9.17) is 9.47 Å². The zero-order chi connectivity index (χ0) is 19.6. The molecule has 146 valence electrons. The highest BCUT2D eigenvalue weighted by Crippen LogP contribution is 2.47. The Morgan fingerprint density at radius 2 is 1.64 bits per heavy atom. The molecule has 1 saturated carbocycles. The number of ether oxygens (including phenoxy) is 2. The van der Waals surface area contributed by atoms with Crippen molar-refractivity contribution in [1.82, 2.24) is 0 Å². The molecule has 2 amide bonds. The minimum absolute atomic E-state index is 0.0922. The van der Waals surface area contributed by atoms with Gasteiger partial charge in [0.1, 0.15) is 0 Å². The van der Waals surface area contributed by atoms with Gasteiger partial charge in [0.05, 0.1) is 5.75 Å². The average Bonchev–Trinajstić information content (AvgIpc) is 3.26. The van der Waals surface area contributed by atoms with Gasteiger partial charge in [-0.3, -0.25) is 9.59 Å². The maximum Gasteiger partial charge on any atom is 0.251 e. The third-order valence-corrected chi connectivity index (χ3v) is 5.74. The molecular weight excluding hydrogens is 376 g/mol. The van der Waals surface area contributed by atoms with E-state index < -0.39 is 5.79 Å². The Labute approximate surface area is 168 Å². The fourth-order valence-electron chi connectivity index (χ4n) is 3.47. The summed E-state index contributed by atoms with van der Waals surface area (Å²) in [7, 11) is 0. The smallest absolute Gasteiger partial charge is 0.251 e. The largest absolute Gasteiger partial charge is 0.448 e. The van der Waals surface area contributed by atoms with Crippen molar-refractivity contribution >= 4 is 35.0 Å². The average molecular weight is 398 g/mol. The summed E-state index contributed by atoms with van der Waals surface area (Å²) in [5, 5.41) is 5.62. The molecule has 0 unspecified atom stereocenters. The second-order valence-electron chi connectivity index (χ2n) is 7.03. The van der Waals surface area contributed by atoms with E-state index in [-0.39, 0.29) is 17.6 Å². The third-order valence-electron chi connectivity index (χ3n) is 4.73. The van der Waals surface area contributed by atoms with Crippen molar-refractivity contribution in [3.8, 4) is 11.5 Å². The summed E-state index contributed by atoms with van der Waals surface area (Å²) in [4.78, 5) is 24.3. The number of hydrogen-bond donors (Lipinski definition) is 2. The fourth-order valence-corrected chi connectivity index (χ4v) is 4.17. The summed E-state index contributed by atoms with van der Waals surface area (Å²) in [6.07, 6.45) is 4.03. The Balaban J connectivity index is 1.30. The van der Waals surface area contributed by atoms with Gasteiger partial charge in [-0.2, -0.15) is 0 Å². The summed E-state index contributed by atoms with van der Waals surface area (Å²) in [6.45, 7) is 1.47. The quantitative estimate of drug-likeness (QED) is 0.729. The Morgan fingerprint density at radius 3 is 2.36 bits per heavy atom. The molecule has 0 aromatic heterocycles.